The second kappa shape index (κ2) is 10.8. The molecule has 0 aliphatic carbocycles. The third-order valence-corrected chi connectivity index (χ3v) is 3.35. The molecule has 1 aromatic heterocycles. The Morgan fingerprint density at radius 3 is 2.42 bits per heavy atom. The van der Waals surface area contributed by atoms with Gasteiger partial charge >= 0.3 is 6.18 Å². The highest BCUT2D eigenvalue weighted by Gasteiger charge is 2.33. The molecule has 0 radical (unpaired) electrons. The minimum Gasteiger partial charge on any atom is -0.368 e. The van der Waals surface area contributed by atoms with Crippen molar-refractivity contribution in [3.05, 3.63) is 59.8 Å². The smallest absolute Gasteiger partial charge is 0.368 e. The maximum absolute atomic E-state index is 12.9. The van der Waals surface area contributed by atoms with Gasteiger partial charge in [-0.2, -0.15) is 13.2 Å². The average molecular weight is 479 g/mol. The molecule has 0 spiro atoms. The van der Waals surface area contributed by atoms with Crippen molar-refractivity contribution in [1.82, 2.24) is 15.6 Å². The number of hydrogen-bond donors (Lipinski definition) is 3. The maximum Gasteiger partial charge on any atom is 0.419 e. The van der Waals surface area contributed by atoms with Gasteiger partial charge in [-0.1, -0.05) is 30.3 Å². The highest BCUT2D eigenvalue weighted by Crippen LogP contribution is 2.33. The van der Waals surface area contributed by atoms with Crippen molar-refractivity contribution in [2.45, 2.75) is 12.7 Å². The first-order valence-corrected chi connectivity index (χ1v) is 7.75. The summed E-state index contributed by atoms with van der Waals surface area (Å²) in [5.74, 6) is 0.395. The molecule has 0 aliphatic heterocycles. The predicted molar refractivity (Wildman–Crippen MR) is 108 cm³/mol. The Morgan fingerprint density at radius 1 is 1.04 bits per heavy atom. The van der Waals surface area contributed by atoms with Gasteiger partial charge in [-0.25, -0.2) is 4.98 Å². The Kier molecular flexibility index (Phi) is 9.17. The first-order valence-electron chi connectivity index (χ1n) is 7.75. The van der Waals surface area contributed by atoms with E-state index in [1.165, 1.54) is 12.3 Å². The van der Waals surface area contributed by atoms with Gasteiger partial charge < -0.3 is 16.0 Å². The molecule has 2 rings (SSSR count). The summed E-state index contributed by atoms with van der Waals surface area (Å²) < 4.78 is 38.6. The van der Waals surface area contributed by atoms with Crippen LogP contribution in [0.25, 0.3) is 0 Å². The van der Waals surface area contributed by atoms with Gasteiger partial charge in [0, 0.05) is 32.9 Å². The molecule has 26 heavy (non-hydrogen) atoms. The second-order valence-corrected chi connectivity index (χ2v) is 5.16. The van der Waals surface area contributed by atoms with E-state index >= 15 is 0 Å². The number of nitrogens with one attached hydrogen (secondary N) is 3. The lowest BCUT2D eigenvalue weighted by Gasteiger charge is -2.15. The number of hydrogen-bond acceptors (Lipinski definition) is 3. The maximum atomic E-state index is 12.9. The number of benzene rings is 1. The minimum absolute atomic E-state index is 0. The van der Waals surface area contributed by atoms with Crippen LogP contribution in [0.15, 0.2) is 53.7 Å². The van der Waals surface area contributed by atoms with Crippen LogP contribution in [-0.2, 0) is 12.7 Å². The molecule has 1 aromatic carbocycles. The zero-order chi connectivity index (χ0) is 18.1. The molecule has 0 amide bonds. The summed E-state index contributed by atoms with van der Waals surface area (Å²) in [4.78, 5) is 7.83. The molecule has 0 saturated heterocycles. The van der Waals surface area contributed by atoms with E-state index in [9.17, 15) is 13.2 Å². The minimum atomic E-state index is -4.43. The third-order valence-electron chi connectivity index (χ3n) is 3.35. The molecule has 2 aromatic rings. The number of guanidine groups is 1. The Hall–Kier alpha value is -2.04. The lowest BCUT2D eigenvalue weighted by Crippen LogP contribution is -2.39. The Bertz CT molecular complexity index is 692. The molecular weight excluding hydrogens is 458 g/mol. The highest BCUT2D eigenvalue weighted by atomic mass is 127. The molecule has 3 N–H and O–H groups in total. The summed E-state index contributed by atoms with van der Waals surface area (Å²) in [6, 6.07) is 12.1. The van der Waals surface area contributed by atoms with Crippen LogP contribution in [0.2, 0.25) is 0 Å². The van der Waals surface area contributed by atoms with Gasteiger partial charge in [-0.05, 0) is 17.7 Å². The lowest BCUT2D eigenvalue weighted by atomic mass is 10.2. The number of aromatic nitrogens is 1. The fourth-order valence-corrected chi connectivity index (χ4v) is 2.14. The number of alkyl halides is 3. The molecule has 0 unspecified atom stereocenters. The van der Waals surface area contributed by atoms with E-state index in [-0.39, 0.29) is 36.3 Å². The zero-order valence-corrected chi connectivity index (χ0v) is 16.5. The number of nitrogens with zero attached hydrogens (tertiary/aromatic N) is 2. The summed E-state index contributed by atoms with van der Waals surface area (Å²) in [6.07, 6.45) is -3.11. The van der Waals surface area contributed by atoms with Crippen molar-refractivity contribution >= 4 is 35.8 Å². The third kappa shape index (κ3) is 7.06. The van der Waals surface area contributed by atoms with Crippen LogP contribution in [0, 0.1) is 0 Å². The average Bonchev–Trinajstić information content (AvgIpc) is 2.61. The number of anilines is 1. The van der Waals surface area contributed by atoms with Gasteiger partial charge in [-0.3, -0.25) is 4.99 Å². The van der Waals surface area contributed by atoms with E-state index < -0.39 is 11.7 Å². The van der Waals surface area contributed by atoms with Gasteiger partial charge in [0.2, 0.25) is 0 Å². The van der Waals surface area contributed by atoms with Crippen LogP contribution in [0.3, 0.4) is 0 Å². The molecule has 0 aliphatic rings. The monoisotopic (exact) mass is 479 g/mol. The molecule has 9 heteroatoms. The lowest BCUT2D eigenvalue weighted by molar-refractivity contribution is -0.137. The number of rotatable bonds is 6. The SMILES string of the molecule is CN=C(NCCNc1ncccc1C(F)(F)F)NCc1ccccc1.I. The Morgan fingerprint density at radius 2 is 1.77 bits per heavy atom. The number of pyridine rings is 1. The van der Waals surface area contributed by atoms with Crippen molar-refractivity contribution in [2.24, 2.45) is 4.99 Å². The van der Waals surface area contributed by atoms with Gasteiger partial charge in [0.1, 0.15) is 5.82 Å². The van der Waals surface area contributed by atoms with Crippen molar-refractivity contribution in [3.8, 4) is 0 Å². The van der Waals surface area contributed by atoms with Gasteiger partial charge in [0.15, 0.2) is 5.96 Å². The molecule has 0 bridgehead atoms. The Labute approximate surface area is 167 Å². The fraction of sp³-hybridized carbons (Fsp3) is 0.294. The van der Waals surface area contributed by atoms with E-state index in [1.807, 2.05) is 30.3 Å². The van der Waals surface area contributed by atoms with Crippen LogP contribution in [0.4, 0.5) is 19.0 Å². The summed E-state index contributed by atoms with van der Waals surface area (Å²) in [5, 5.41) is 8.87. The molecule has 5 nitrogen and oxygen atoms in total. The van der Waals surface area contributed by atoms with Crippen LogP contribution in [0.5, 0.6) is 0 Å². The molecular formula is C17H21F3IN5. The molecule has 1 heterocycles. The van der Waals surface area contributed by atoms with E-state index in [1.54, 1.807) is 7.05 Å². The van der Waals surface area contributed by atoms with Gasteiger partial charge in [0.05, 0.1) is 5.56 Å². The van der Waals surface area contributed by atoms with Crippen molar-refractivity contribution in [3.63, 3.8) is 0 Å². The van der Waals surface area contributed by atoms with Crippen LogP contribution in [0.1, 0.15) is 11.1 Å². The van der Waals surface area contributed by atoms with Gasteiger partial charge in [0.25, 0.3) is 0 Å². The van der Waals surface area contributed by atoms with E-state index in [4.69, 9.17) is 0 Å². The molecule has 142 valence electrons. The summed E-state index contributed by atoms with van der Waals surface area (Å²) >= 11 is 0. The molecule has 0 saturated carbocycles. The van der Waals surface area contributed by atoms with E-state index in [0.717, 1.165) is 11.6 Å². The summed E-state index contributed by atoms with van der Waals surface area (Å²) in [6.45, 7) is 1.26. The second-order valence-electron chi connectivity index (χ2n) is 5.16. The van der Waals surface area contributed by atoms with Crippen molar-refractivity contribution in [2.75, 3.05) is 25.5 Å². The first kappa shape index (κ1) is 22.0. The standard InChI is InChI=1S/C17H20F3N5.HI/c1-21-16(25-12-13-6-3-2-4-7-13)24-11-10-23-15-14(17(18,19)20)8-5-9-22-15;/h2-9H,10-12H2,1H3,(H,22,23)(H2,21,24,25);1H. The normalized spacial score (nSPS) is 11.5. The van der Waals surface area contributed by atoms with Gasteiger partial charge in [-0.15, -0.1) is 24.0 Å². The van der Waals surface area contributed by atoms with E-state index in [0.29, 0.717) is 19.0 Å². The number of halogens is 4. The first-order chi connectivity index (χ1) is 12.0. The number of aliphatic imine (C=N–C) groups is 1. The van der Waals surface area contributed by atoms with Crippen molar-refractivity contribution < 1.29 is 13.2 Å². The zero-order valence-electron chi connectivity index (χ0n) is 14.2. The van der Waals surface area contributed by atoms with Crippen LogP contribution >= 0.6 is 24.0 Å². The highest BCUT2D eigenvalue weighted by molar-refractivity contribution is 14.0. The van der Waals surface area contributed by atoms with Crippen LogP contribution in [-0.4, -0.2) is 31.1 Å². The topological polar surface area (TPSA) is 61.3 Å². The summed E-state index contributed by atoms with van der Waals surface area (Å²) in [7, 11) is 1.63. The van der Waals surface area contributed by atoms with Crippen LogP contribution < -0.4 is 16.0 Å². The predicted octanol–water partition coefficient (Wildman–Crippen LogP) is 3.50. The largest absolute Gasteiger partial charge is 0.419 e. The molecule has 0 fully saturated rings. The Balaban J connectivity index is 0.00000338. The molecule has 0 atom stereocenters. The fourth-order valence-electron chi connectivity index (χ4n) is 2.14. The summed E-state index contributed by atoms with van der Waals surface area (Å²) in [5.41, 5.74) is 0.327. The quantitative estimate of drug-likeness (QED) is 0.257. The van der Waals surface area contributed by atoms with Crippen molar-refractivity contribution in [1.29, 1.82) is 0 Å². The van der Waals surface area contributed by atoms with E-state index in [2.05, 4.69) is 25.9 Å².